The summed E-state index contributed by atoms with van der Waals surface area (Å²) in [6, 6.07) is 8.89. The van der Waals surface area contributed by atoms with Crippen LogP contribution in [-0.4, -0.2) is 4.98 Å². The Morgan fingerprint density at radius 1 is 1.06 bits per heavy atom. The zero-order valence-electron chi connectivity index (χ0n) is 21.8. The van der Waals surface area contributed by atoms with E-state index in [1.807, 2.05) is 6.20 Å². The quantitative estimate of drug-likeness (QED) is 0.441. The van der Waals surface area contributed by atoms with Crippen molar-refractivity contribution >= 4 is 16.3 Å². The fourth-order valence-corrected chi connectivity index (χ4v) is 5.14. The Bertz CT molecular complexity index is 1040. The van der Waals surface area contributed by atoms with Crippen LogP contribution in [0.15, 0.2) is 59.8 Å². The molecule has 1 heterocycles. The highest BCUT2D eigenvalue weighted by Crippen LogP contribution is 2.54. The maximum absolute atomic E-state index is 4.94. The largest absolute Gasteiger partial charge is 0.256 e. The predicted molar refractivity (Wildman–Crippen MR) is 142 cm³/mol. The van der Waals surface area contributed by atoms with Crippen LogP contribution < -0.4 is 0 Å². The molecule has 1 aromatic heterocycles. The molecule has 172 valence electrons. The van der Waals surface area contributed by atoms with E-state index >= 15 is 0 Å². The third-order valence-electron chi connectivity index (χ3n) is 7.31. The Morgan fingerprint density at radius 3 is 2.38 bits per heavy atom. The SMILES string of the molecule is CC1=CCC(C(C)C=CC(C)C)C2=C1C(C)(C)c1cccc3ccnc2c13.CCC(C)C. The van der Waals surface area contributed by atoms with Crippen LogP contribution >= 0.6 is 0 Å². The highest BCUT2D eigenvalue weighted by molar-refractivity contribution is 6.00. The fraction of sp³-hybridized carbons (Fsp3) is 0.516. The number of benzene rings is 1. The number of aromatic nitrogens is 1. The molecule has 1 nitrogen and oxygen atoms in total. The van der Waals surface area contributed by atoms with Gasteiger partial charge < -0.3 is 0 Å². The maximum Gasteiger partial charge on any atom is 0.0749 e. The molecule has 0 amide bonds. The van der Waals surface area contributed by atoms with Crippen LogP contribution in [0.4, 0.5) is 0 Å². The van der Waals surface area contributed by atoms with E-state index in [2.05, 4.69) is 105 Å². The summed E-state index contributed by atoms with van der Waals surface area (Å²) in [7, 11) is 0. The second-order valence-electron chi connectivity index (χ2n) is 11.0. The molecule has 2 atom stereocenters. The molecule has 2 aromatic rings. The number of rotatable bonds is 4. The van der Waals surface area contributed by atoms with E-state index in [1.165, 1.54) is 45.2 Å². The van der Waals surface area contributed by atoms with Gasteiger partial charge in [-0.05, 0) is 65.2 Å². The monoisotopic (exact) mass is 429 g/mol. The van der Waals surface area contributed by atoms with Crippen LogP contribution in [0.3, 0.4) is 0 Å². The molecule has 1 aromatic carbocycles. The van der Waals surface area contributed by atoms with Crippen molar-refractivity contribution in [2.24, 2.45) is 23.7 Å². The Balaban J connectivity index is 0.000000523. The average Bonchev–Trinajstić information content (AvgIpc) is 2.75. The zero-order valence-corrected chi connectivity index (χ0v) is 21.8. The van der Waals surface area contributed by atoms with Crippen molar-refractivity contribution in [2.45, 2.75) is 80.6 Å². The van der Waals surface area contributed by atoms with E-state index in [0.717, 1.165) is 12.3 Å². The number of nitrogens with zero attached hydrogens (tertiary/aromatic N) is 1. The Hall–Kier alpha value is -2.15. The summed E-state index contributed by atoms with van der Waals surface area (Å²) in [5, 5.41) is 2.68. The lowest BCUT2D eigenvalue weighted by Gasteiger charge is -2.42. The fourth-order valence-electron chi connectivity index (χ4n) is 5.14. The van der Waals surface area contributed by atoms with Gasteiger partial charge in [0, 0.05) is 17.0 Å². The molecule has 0 N–H and O–H groups in total. The Kier molecular flexibility index (Phi) is 7.48. The molecule has 4 rings (SSSR count). The zero-order chi connectivity index (χ0) is 23.6. The topological polar surface area (TPSA) is 12.9 Å². The van der Waals surface area contributed by atoms with Gasteiger partial charge >= 0.3 is 0 Å². The molecular formula is C31H43N. The van der Waals surface area contributed by atoms with E-state index in [4.69, 9.17) is 4.98 Å². The number of fused-ring (bicyclic) bond motifs is 1. The first-order valence-corrected chi connectivity index (χ1v) is 12.6. The summed E-state index contributed by atoms with van der Waals surface area (Å²) in [4.78, 5) is 4.94. The van der Waals surface area contributed by atoms with Gasteiger partial charge in [0.15, 0.2) is 0 Å². The molecule has 0 saturated heterocycles. The molecule has 32 heavy (non-hydrogen) atoms. The summed E-state index contributed by atoms with van der Waals surface area (Å²) in [5.74, 6) is 2.46. The summed E-state index contributed by atoms with van der Waals surface area (Å²) in [6.45, 7) is 20.6. The molecule has 0 fully saturated rings. The van der Waals surface area contributed by atoms with E-state index in [1.54, 1.807) is 0 Å². The molecule has 0 aliphatic heterocycles. The first kappa shape index (κ1) is 24.5. The van der Waals surface area contributed by atoms with Crippen molar-refractivity contribution in [3.05, 3.63) is 71.1 Å². The lowest BCUT2D eigenvalue weighted by Crippen LogP contribution is -2.31. The van der Waals surface area contributed by atoms with Crippen molar-refractivity contribution in [1.82, 2.24) is 4.98 Å². The normalized spacial score (nSPS) is 20.3. The van der Waals surface area contributed by atoms with Gasteiger partial charge in [-0.1, -0.05) is 104 Å². The first-order valence-electron chi connectivity index (χ1n) is 12.6. The van der Waals surface area contributed by atoms with Crippen LogP contribution in [0.2, 0.25) is 0 Å². The summed E-state index contributed by atoms with van der Waals surface area (Å²) >= 11 is 0. The number of hydrogen-bond donors (Lipinski definition) is 0. The van der Waals surface area contributed by atoms with Crippen molar-refractivity contribution < 1.29 is 0 Å². The van der Waals surface area contributed by atoms with Crippen LogP contribution in [0.25, 0.3) is 16.3 Å². The minimum absolute atomic E-state index is 0.00557. The predicted octanol–water partition coefficient (Wildman–Crippen LogP) is 9.15. The molecule has 0 bridgehead atoms. The highest BCUT2D eigenvalue weighted by Gasteiger charge is 2.41. The highest BCUT2D eigenvalue weighted by atomic mass is 14.7. The van der Waals surface area contributed by atoms with Gasteiger partial charge in [-0.25, -0.2) is 0 Å². The van der Waals surface area contributed by atoms with Crippen molar-refractivity contribution in [2.75, 3.05) is 0 Å². The summed E-state index contributed by atoms with van der Waals surface area (Å²) in [5.41, 5.74) is 7.07. The minimum atomic E-state index is 0.00557. The Labute approximate surface area is 196 Å². The van der Waals surface area contributed by atoms with Crippen LogP contribution in [0.5, 0.6) is 0 Å². The van der Waals surface area contributed by atoms with Gasteiger partial charge in [0.25, 0.3) is 0 Å². The van der Waals surface area contributed by atoms with Crippen LogP contribution in [-0.2, 0) is 5.41 Å². The van der Waals surface area contributed by atoms with Crippen molar-refractivity contribution in [3.63, 3.8) is 0 Å². The van der Waals surface area contributed by atoms with Gasteiger partial charge in [0.05, 0.1) is 5.69 Å². The first-order chi connectivity index (χ1) is 15.1. The number of pyridine rings is 1. The molecule has 2 aliphatic rings. The van der Waals surface area contributed by atoms with Crippen molar-refractivity contribution in [1.29, 1.82) is 0 Å². The lowest BCUT2D eigenvalue weighted by molar-refractivity contribution is 0.505. The van der Waals surface area contributed by atoms with Crippen LogP contribution in [0, 0.1) is 23.7 Å². The van der Waals surface area contributed by atoms with E-state index < -0.39 is 0 Å². The third kappa shape index (κ3) is 4.63. The van der Waals surface area contributed by atoms with Crippen molar-refractivity contribution in [3.8, 4) is 0 Å². The standard InChI is InChI=1S/C26H31N.C5H12/c1-16(2)10-11-17(3)20-13-12-18(4)24-23(20)25-22-19(14-15-27-25)8-7-9-21(22)26(24,5)6;1-4-5(2)3/h7-12,14-17,20H,13H2,1-6H3;5H,4H2,1-3H3. The minimum Gasteiger partial charge on any atom is -0.256 e. The lowest BCUT2D eigenvalue weighted by atomic mass is 9.61. The smallest absolute Gasteiger partial charge is 0.0749 e. The summed E-state index contributed by atoms with van der Waals surface area (Å²) < 4.78 is 0. The second kappa shape index (κ2) is 9.77. The molecule has 2 unspecified atom stereocenters. The number of allylic oxidation sites excluding steroid dienone is 6. The maximum atomic E-state index is 4.94. The molecule has 1 heteroatoms. The molecule has 0 saturated carbocycles. The van der Waals surface area contributed by atoms with E-state index in [-0.39, 0.29) is 5.41 Å². The van der Waals surface area contributed by atoms with Gasteiger partial charge in [-0.2, -0.15) is 0 Å². The number of hydrogen-bond acceptors (Lipinski definition) is 1. The van der Waals surface area contributed by atoms with E-state index in [0.29, 0.717) is 17.8 Å². The van der Waals surface area contributed by atoms with Gasteiger partial charge in [-0.15, -0.1) is 0 Å². The van der Waals surface area contributed by atoms with Gasteiger partial charge in [0.1, 0.15) is 0 Å². The summed E-state index contributed by atoms with van der Waals surface area (Å²) in [6.07, 6.45) is 11.6. The van der Waals surface area contributed by atoms with Crippen LogP contribution in [0.1, 0.15) is 86.4 Å². The molecule has 0 radical (unpaired) electrons. The Morgan fingerprint density at radius 2 is 1.75 bits per heavy atom. The van der Waals surface area contributed by atoms with Gasteiger partial charge in [0.2, 0.25) is 0 Å². The average molecular weight is 430 g/mol. The van der Waals surface area contributed by atoms with E-state index in [9.17, 15) is 0 Å². The molecular weight excluding hydrogens is 386 g/mol. The third-order valence-corrected chi connectivity index (χ3v) is 7.31. The van der Waals surface area contributed by atoms with Gasteiger partial charge in [-0.3, -0.25) is 4.98 Å². The second-order valence-corrected chi connectivity index (χ2v) is 11.0. The molecule has 2 aliphatic carbocycles. The molecule has 0 spiro atoms.